The van der Waals surface area contributed by atoms with Crippen molar-refractivity contribution < 1.29 is 23.9 Å². The topological polar surface area (TPSA) is 93.7 Å². The zero-order valence-corrected chi connectivity index (χ0v) is 14.6. The third-order valence-corrected chi connectivity index (χ3v) is 4.01. The lowest BCUT2D eigenvalue weighted by Gasteiger charge is -2.11. The van der Waals surface area contributed by atoms with E-state index in [0.717, 1.165) is 5.56 Å². The summed E-state index contributed by atoms with van der Waals surface area (Å²) in [6, 6.07) is 16.1. The Morgan fingerprint density at radius 3 is 2.48 bits per heavy atom. The van der Waals surface area contributed by atoms with Gasteiger partial charge in [-0.15, -0.1) is 0 Å². The maximum absolute atomic E-state index is 11.9. The van der Waals surface area contributed by atoms with Crippen LogP contribution in [-0.2, 0) is 25.7 Å². The van der Waals surface area contributed by atoms with E-state index < -0.39 is 24.5 Å². The van der Waals surface area contributed by atoms with Gasteiger partial charge in [0, 0.05) is 12.1 Å². The van der Waals surface area contributed by atoms with E-state index >= 15 is 0 Å². The zero-order valence-electron chi connectivity index (χ0n) is 14.6. The number of hydrogen-bond donors (Lipinski definition) is 2. The number of ether oxygens (including phenoxy) is 2. The molecule has 7 nitrogen and oxygen atoms in total. The van der Waals surface area contributed by atoms with Crippen LogP contribution in [-0.4, -0.2) is 30.4 Å². The van der Waals surface area contributed by atoms with Gasteiger partial charge >= 0.3 is 5.97 Å². The summed E-state index contributed by atoms with van der Waals surface area (Å²) < 4.78 is 10.6. The molecular weight excluding hydrogens is 348 g/mol. The van der Waals surface area contributed by atoms with Crippen molar-refractivity contribution in [2.75, 3.05) is 11.9 Å². The standard InChI is InChI=1S/C20H20N2O5/c23-18-11-10-17(22-18)20(25)27-13-19(24)21-15-6-8-16(9-7-15)26-12-14-4-2-1-3-5-14/h1-9,17H,10-13H2,(H,21,24)(H,22,23)/t17-/m0/s1. The average molecular weight is 368 g/mol. The molecule has 0 unspecified atom stereocenters. The van der Waals surface area contributed by atoms with E-state index in [-0.39, 0.29) is 5.91 Å². The molecule has 0 saturated carbocycles. The normalized spacial score (nSPS) is 15.7. The summed E-state index contributed by atoms with van der Waals surface area (Å²) in [4.78, 5) is 34.7. The predicted octanol–water partition coefficient (Wildman–Crippen LogP) is 2.03. The SMILES string of the molecule is O=C(COC(=O)[C@@H]1CCC(=O)N1)Nc1ccc(OCc2ccccc2)cc1. The van der Waals surface area contributed by atoms with Crippen molar-refractivity contribution in [1.82, 2.24) is 5.32 Å². The number of esters is 1. The molecule has 0 aliphatic carbocycles. The highest BCUT2D eigenvalue weighted by Crippen LogP contribution is 2.17. The summed E-state index contributed by atoms with van der Waals surface area (Å²) in [5.41, 5.74) is 1.63. The van der Waals surface area contributed by atoms with Gasteiger partial charge in [-0.2, -0.15) is 0 Å². The quantitative estimate of drug-likeness (QED) is 0.730. The van der Waals surface area contributed by atoms with Gasteiger partial charge in [-0.3, -0.25) is 9.59 Å². The molecule has 1 atom stereocenters. The molecule has 140 valence electrons. The first kappa shape index (κ1) is 18.4. The highest BCUT2D eigenvalue weighted by atomic mass is 16.5. The Bertz CT molecular complexity index is 805. The summed E-state index contributed by atoms with van der Waals surface area (Å²) in [5.74, 6) is -0.553. The third-order valence-electron chi connectivity index (χ3n) is 4.01. The summed E-state index contributed by atoms with van der Waals surface area (Å²) >= 11 is 0. The first-order valence-electron chi connectivity index (χ1n) is 8.63. The number of anilines is 1. The lowest BCUT2D eigenvalue weighted by molar-refractivity contribution is -0.149. The van der Waals surface area contributed by atoms with Crippen molar-refractivity contribution in [3.05, 3.63) is 60.2 Å². The predicted molar refractivity (Wildman–Crippen MR) is 98.0 cm³/mol. The molecule has 0 bridgehead atoms. The van der Waals surface area contributed by atoms with Crippen molar-refractivity contribution >= 4 is 23.5 Å². The lowest BCUT2D eigenvalue weighted by atomic mass is 10.2. The van der Waals surface area contributed by atoms with Gasteiger partial charge in [0.1, 0.15) is 18.4 Å². The Morgan fingerprint density at radius 1 is 1.07 bits per heavy atom. The summed E-state index contributed by atoms with van der Waals surface area (Å²) in [6.07, 6.45) is 0.689. The van der Waals surface area contributed by atoms with Crippen LogP contribution in [0.1, 0.15) is 18.4 Å². The van der Waals surface area contributed by atoms with E-state index in [9.17, 15) is 14.4 Å². The number of benzene rings is 2. The second-order valence-corrected chi connectivity index (χ2v) is 6.11. The highest BCUT2D eigenvalue weighted by molar-refractivity contribution is 5.94. The Morgan fingerprint density at radius 2 is 1.81 bits per heavy atom. The van der Waals surface area contributed by atoms with Crippen molar-refractivity contribution in [1.29, 1.82) is 0 Å². The van der Waals surface area contributed by atoms with Crippen LogP contribution in [0, 0.1) is 0 Å². The molecule has 1 heterocycles. The first-order chi connectivity index (χ1) is 13.1. The van der Waals surface area contributed by atoms with Crippen LogP contribution < -0.4 is 15.4 Å². The molecule has 3 rings (SSSR count). The van der Waals surface area contributed by atoms with Gasteiger partial charge < -0.3 is 20.1 Å². The van der Waals surface area contributed by atoms with Gasteiger partial charge in [-0.05, 0) is 36.2 Å². The number of amides is 2. The zero-order chi connectivity index (χ0) is 19.1. The van der Waals surface area contributed by atoms with Crippen LogP contribution in [0.2, 0.25) is 0 Å². The van der Waals surface area contributed by atoms with Gasteiger partial charge in [-0.25, -0.2) is 4.79 Å². The van der Waals surface area contributed by atoms with Crippen LogP contribution in [0.15, 0.2) is 54.6 Å². The van der Waals surface area contributed by atoms with Crippen LogP contribution in [0.4, 0.5) is 5.69 Å². The number of carbonyl (C=O) groups is 3. The van der Waals surface area contributed by atoms with Gasteiger partial charge in [0.25, 0.3) is 5.91 Å². The number of nitrogens with one attached hydrogen (secondary N) is 2. The Kier molecular flexibility index (Phi) is 6.04. The first-order valence-corrected chi connectivity index (χ1v) is 8.63. The summed E-state index contributed by atoms with van der Waals surface area (Å²) in [5, 5.41) is 5.14. The second kappa shape index (κ2) is 8.84. The highest BCUT2D eigenvalue weighted by Gasteiger charge is 2.28. The molecule has 2 aromatic rings. The van der Waals surface area contributed by atoms with Gasteiger partial charge in [0.05, 0.1) is 0 Å². The maximum atomic E-state index is 11.9. The maximum Gasteiger partial charge on any atom is 0.329 e. The van der Waals surface area contributed by atoms with Gasteiger partial charge in [0.2, 0.25) is 5.91 Å². The molecule has 0 aromatic heterocycles. The fourth-order valence-electron chi connectivity index (χ4n) is 2.60. The van der Waals surface area contributed by atoms with Crippen LogP contribution >= 0.6 is 0 Å². The molecule has 1 aliphatic rings. The third kappa shape index (κ3) is 5.57. The second-order valence-electron chi connectivity index (χ2n) is 6.11. The molecule has 1 aliphatic heterocycles. The van der Waals surface area contributed by atoms with Crippen molar-refractivity contribution in [3.63, 3.8) is 0 Å². The van der Waals surface area contributed by atoms with E-state index in [2.05, 4.69) is 10.6 Å². The molecule has 0 radical (unpaired) electrons. The molecule has 7 heteroatoms. The van der Waals surface area contributed by atoms with E-state index in [1.165, 1.54) is 0 Å². The van der Waals surface area contributed by atoms with Crippen molar-refractivity contribution in [2.24, 2.45) is 0 Å². The number of carbonyl (C=O) groups excluding carboxylic acids is 3. The fourth-order valence-corrected chi connectivity index (χ4v) is 2.60. The minimum absolute atomic E-state index is 0.184. The Balaban J connectivity index is 1.41. The molecule has 27 heavy (non-hydrogen) atoms. The molecule has 1 saturated heterocycles. The number of hydrogen-bond acceptors (Lipinski definition) is 5. The van der Waals surface area contributed by atoms with Crippen molar-refractivity contribution in [2.45, 2.75) is 25.5 Å². The lowest BCUT2D eigenvalue weighted by Crippen LogP contribution is -2.36. The largest absolute Gasteiger partial charge is 0.489 e. The average Bonchev–Trinajstić information content (AvgIpc) is 3.13. The molecular formula is C20H20N2O5. The Hall–Kier alpha value is -3.35. The minimum Gasteiger partial charge on any atom is -0.489 e. The Labute approximate surface area is 156 Å². The monoisotopic (exact) mass is 368 g/mol. The van der Waals surface area contributed by atoms with E-state index in [1.807, 2.05) is 30.3 Å². The van der Waals surface area contributed by atoms with Crippen LogP contribution in [0.3, 0.4) is 0 Å². The minimum atomic E-state index is -0.661. The van der Waals surface area contributed by atoms with E-state index in [4.69, 9.17) is 9.47 Å². The van der Waals surface area contributed by atoms with Crippen LogP contribution in [0.5, 0.6) is 5.75 Å². The van der Waals surface area contributed by atoms with Gasteiger partial charge in [0.15, 0.2) is 6.61 Å². The fraction of sp³-hybridized carbons (Fsp3) is 0.250. The summed E-state index contributed by atoms with van der Waals surface area (Å²) in [6.45, 7) is 0.0532. The molecule has 0 spiro atoms. The number of rotatable bonds is 7. The molecule has 2 N–H and O–H groups in total. The smallest absolute Gasteiger partial charge is 0.329 e. The van der Waals surface area contributed by atoms with Gasteiger partial charge in [-0.1, -0.05) is 30.3 Å². The summed E-state index contributed by atoms with van der Waals surface area (Å²) in [7, 11) is 0. The molecule has 2 amide bonds. The molecule has 2 aromatic carbocycles. The van der Waals surface area contributed by atoms with Crippen LogP contribution in [0.25, 0.3) is 0 Å². The van der Waals surface area contributed by atoms with E-state index in [0.29, 0.717) is 30.9 Å². The van der Waals surface area contributed by atoms with Crippen molar-refractivity contribution in [3.8, 4) is 5.75 Å². The van der Waals surface area contributed by atoms with E-state index in [1.54, 1.807) is 24.3 Å². The molecule has 1 fully saturated rings.